The summed E-state index contributed by atoms with van der Waals surface area (Å²) in [7, 11) is 9.87. The van der Waals surface area contributed by atoms with Gasteiger partial charge in [0.2, 0.25) is 0 Å². The summed E-state index contributed by atoms with van der Waals surface area (Å²) in [4.78, 5) is 0. The predicted molar refractivity (Wildman–Crippen MR) is 126 cm³/mol. The van der Waals surface area contributed by atoms with Gasteiger partial charge in [-0.15, -0.1) is 28.5 Å². The second-order valence-electron chi connectivity index (χ2n) is 7.38. The van der Waals surface area contributed by atoms with Crippen LogP contribution >= 0.6 is 17.0 Å². The molecule has 0 nitrogen and oxygen atoms in total. The van der Waals surface area contributed by atoms with Crippen molar-refractivity contribution in [3.8, 4) is 22.3 Å². The molecule has 0 heterocycles. The Morgan fingerprint density at radius 2 is 1.52 bits per heavy atom. The van der Waals surface area contributed by atoms with Crippen molar-refractivity contribution in [2.24, 2.45) is 0 Å². The van der Waals surface area contributed by atoms with E-state index >= 15 is 0 Å². The molecule has 3 heteroatoms. The fourth-order valence-corrected chi connectivity index (χ4v) is 3.86. The number of halogens is 2. The molecular formula is C26H25Cl2Zr-. The van der Waals surface area contributed by atoms with Gasteiger partial charge in [-0.3, -0.25) is 0 Å². The van der Waals surface area contributed by atoms with E-state index in [2.05, 4.69) is 99.6 Å². The summed E-state index contributed by atoms with van der Waals surface area (Å²) in [5.74, 6) is 0.539. The molecule has 4 rings (SSSR count). The van der Waals surface area contributed by atoms with Crippen LogP contribution < -0.4 is 0 Å². The maximum atomic E-state index is 4.93. The van der Waals surface area contributed by atoms with Crippen molar-refractivity contribution in [3.05, 3.63) is 90.0 Å². The summed E-state index contributed by atoms with van der Waals surface area (Å²) in [5, 5.41) is 2.71. The van der Waals surface area contributed by atoms with E-state index in [0.717, 1.165) is 6.42 Å². The monoisotopic (exact) mass is 497 g/mol. The van der Waals surface area contributed by atoms with Gasteiger partial charge in [-0.05, 0) is 34.6 Å². The van der Waals surface area contributed by atoms with Crippen LogP contribution in [0.4, 0.5) is 0 Å². The minimum absolute atomic E-state index is 0.539. The van der Waals surface area contributed by atoms with Crippen LogP contribution in [0.3, 0.4) is 0 Å². The summed E-state index contributed by atoms with van der Waals surface area (Å²) in [5.41, 5.74) is 8.16. The summed E-state index contributed by atoms with van der Waals surface area (Å²) < 4.78 is 0. The summed E-state index contributed by atoms with van der Waals surface area (Å²) in [6.07, 6.45) is 1.04. The molecule has 0 aliphatic heterocycles. The number of benzene rings is 3. The maximum absolute atomic E-state index is 4.93. The molecule has 0 N–H and O–H groups in total. The zero-order valence-electron chi connectivity index (χ0n) is 17.0. The molecule has 0 saturated carbocycles. The summed E-state index contributed by atoms with van der Waals surface area (Å²) >= 11 is -0.826. The molecular weight excluding hydrogens is 474 g/mol. The third-order valence-electron chi connectivity index (χ3n) is 5.33. The molecule has 0 saturated heterocycles. The number of fused-ring (bicyclic) bond motifs is 1. The van der Waals surface area contributed by atoms with Gasteiger partial charge in [0.05, 0.1) is 0 Å². The standard InChI is InChI=1S/C26H25.2ClH.Zr/c1-4-19-10-8-9-13-23(19)26-24(20-11-6-5-7-12-20)15-14-21-16-22(18(2)3)17-25(21)26;;;/h5-18H,4H2,1-3H3;2*1H;/q-1;;;+2/p-2. The molecule has 0 aliphatic carbocycles. The van der Waals surface area contributed by atoms with Crippen molar-refractivity contribution in [1.29, 1.82) is 0 Å². The molecule has 4 aromatic carbocycles. The van der Waals surface area contributed by atoms with Gasteiger partial charge in [0.15, 0.2) is 0 Å². The van der Waals surface area contributed by atoms with Gasteiger partial charge in [0.25, 0.3) is 0 Å². The Hall–Kier alpha value is -1.27. The molecule has 29 heavy (non-hydrogen) atoms. The van der Waals surface area contributed by atoms with E-state index in [-0.39, 0.29) is 0 Å². The van der Waals surface area contributed by atoms with Gasteiger partial charge < -0.3 is 0 Å². The molecule has 148 valence electrons. The summed E-state index contributed by atoms with van der Waals surface area (Å²) in [6.45, 7) is 6.78. The van der Waals surface area contributed by atoms with Gasteiger partial charge in [0.1, 0.15) is 0 Å². The molecule has 0 atom stereocenters. The van der Waals surface area contributed by atoms with Crippen LogP contribution in [0.25, 0.3) is 33.0 Å². The Balaban J connectivity index is 0.000000755. The molecule has 0 radical (unpaired) electrons. The number of hydrogen-bond donors (Lipinski definition) is 0. The molecule has 0 spiro atoms. The fraction of sp³-hybridized carbons (Fsp3) is 0.192. The Morgan fingerprint density at radius 3 is 2.17 bits per heavy atom. The Kier molecular flexibility index (Phi) is 8.25. The third-order valence-corrected chi connectivity index (χ3v) is 5.33. The minimum atomic E-state index is -0.826. The van der Waals surface area contributed by atoms with Crippen LogP contribution in [0.15, 0.2) is 78.9 Å². The van der Waals surface area contributed by atoms with Crippen LogP contribution in [-0.2, 0) is 27.3 Å². The molecule has 4 aromatic rings. The molecule has 0 unspecified atom stereocenters. The number of hydrogen-bond acceptors (Lipinski definition) is 0. The zero-order valence-corrected chi connectivity index (χ0v) is 21.0. The molecule has 0 aromatic heterocycles. The Morgan fingerprint density at radius 1 is 0.862 bits per heavy atom. The first-order valence-corrected chi connectivity index (χ1v) is 16.3. The Bertz CT molecular complexity index is 1060. The van der Waals surface area contributed by atoms with Crippen molar-refractivity contribution in [2.45, 2.75) is 33.1 Å². The first kappa shape index (κ1) is 22.4. The van der Waals surface area contributed by atoms with Gasteiger partial charge in [-0.2, -0.15) is 6.07 Å². The van der Waals surface area contributed by atoms with E-state index in [0.29, 0.717) is 5.92 Å². The van der Waals surface area contributed by atoms with Crippen LogP contribution in [-0.4, -0.2) is 0 Å². The molecule has 0 amide bonds. The van der Waals surface area contributed by atoms with Crippen molar-refractivity contribution >= 4 is 27.8 Å². The van der Waals surface area contributed by atoms with Gasteiger partial charge in [0, 0.05) is 0 Å². The number of aryl methyl sites for hydroxylation is 1. The van der Waals surface area contributed by atoms with Crippen molar-refractivity contribution in [2.75, 3.05) is 0 Å². The van der Waals surface area contributed by atoms with E-state index in [4.69, 9.17) is 17.0 Å². The second-order valence-corrected chi connectivity index (χ2v) is 11.1. The zero-order chi connectivity index (χ0) is 20.8. The van der Waals surface area contributed by atoms with Gasteiger partial charge in [-0.25, -0.2) is 0 Å². The van der Waals surface area contributed by atoms with Crippen molar-refractivity contribution in [1.82, 2.24) is 0 Å². The van der Waals surface area contributed by atoms with E-state index in [9.17, 15) is 0 Å². The first-order valence-electron chi connectivity index (χ1n) is 9.94. The van der Waals surface area contributed by atoms with E-state index < -0.39 is 20.8 Å². The quantitative estimate of drug-likeness (QED) is 0.246. The van der Waals surface area contributed by atoms with Crippen LogP contribution in [0, 0.1) is 0 Å². The predicted octanol–water partition coefficient (Wildman–Crippen LogP) is 8.96. The average Bonchev–Trinajstić information content (AvgIpc) is 3.19. The van der Waals surface area contributed by atoms with Gasteiger partial charge in [-0.1, -0.05) is 87.0 Å². The van der Waals surface area contributed by atoms with Crippen molar-refractivity contribution < 1.29 is 20.8 Å². The van der Waals surface area contributed by atoms with Gasteiger partial charge >= 0.3 is 37.9 Å². The molecule has 0 aliphatic rings. The fourth-order valence-electron chi connectivity index (χ4n) is 3.86. The average molecular weight is 500 g/mol. The Labute approximate surface area is 192 Å². The van der Waals surface area contributed by atoms with Crippen LogP contribution in [0.2, 0.25) is 0 Å². The van der Waals surface area contributed by atoms with E-state index in [1.807, 2.05) is 0 Å². The summed E-state index contributed by atoms with van der Waals surface area (Å²) in [6, 6.07) is 28.9. The third kappa shape index (κ3) is 5.08. The van der Waals surface area contributed by atoms with Crippen LogP contribution in [0.1, 0.15) is 37.8 Å². The number of rotatable bonds is 4. The van der Waals surface area contributed by atoms with Crippen LogP contribution in [0.5, 0.6) is 0 Å². The van der Waals surface area contributed by atoms with E-state index in [1.54, 1.807) is 0 Å². The molecule has 0 fully saturated rings. The normalized spacial score (nSPS) is 10.7. The van der Waals surface area contributed by atoms with E-state index in [1.165, 1.54) is 44.2 Å². The topological polar surface area (TPSA) is 0 Å². The second kappa shape index (κ2) is 10.7. The van der Waals surface area contributed by atoms with Crippen molar-refractivity contribution in [3.63, 3.8) is 0 Å². The SMILES string of the molecule is CCc1ccccc1-c1c(-c2ccccc2)ccc2[cH-]c(C(C)C)cc12.[Cl][Zr][Cl]. The first-order chi connectivity index (χ1) is 14.1. The molecule has 0 bridgehead atoms.